The van der Waals surface area contributed by atoms with Crippen molar-refractivity contribution in [1.82, 2.24) is 14.5 Å². The minimum Gasteiger partial charge on any atom is -0.377 e. The van der Waals surface area contributed by atoms with E-state index in [1.165, 1.54) is 0 Å². The van der Waals surface area contributed by atoms with Crippen molar-refractivity contribution >= 4 is 17.4 Å². The maximum atomic E-state index is 4.29. The van der Waals surface area contributed by atoms with Crippen LogP contribution in [0.1, 0.15) is 5.82 Å². The van der Waals surface area contributed by atoms with Crippen LogP contribution in [0, 0.1) is 0 Å². The fourth-order valence-corrected chi connectivity index (χ4v) is 1.72. The predicted molar refractivity (Wildman–Crippen MR) is 66.6 cm³/mol. The number of aromatic nitrogens is 3. The van der Waals surface area contributed by atoms with Gasteiger partial charge in [0, 0.05) is 19.4 Å². The average molecular weight is 234 g/mol. The van der Waals surface area contributed by atoms with Gasteiger partial charge in [0.05, 0.1) is 23.5 Å². The van der Waals surface area contributed by atoms with Crippen LogP contribution in [0.4, 0.5) is 5.69 Å². The van der Waals surface area contributed by atoms with Crippen molar-refractivity contribution in [3.8, 4) is 0 Å². The molecule has 2 heterocycles. The molecule has 0 aliphatic rings. The Bertz CT molecular complexity index is 449. The summed E-state index contributed by atoms with van der Waals surface area (Å²) < 4.78 is 2.00. The third kappa shape index (κ3) is 2.55. The van der Waals surface area contributed by atoms with E-state index in [2.05, 4.69) is 15.3 Å². The molecule has 2 rings (SSSR count). The molecule has 0 atom stereocenters. The Morgan fingerprint density at radius 3 is 2.81 bits per heavy atom. The molecular weight excluding hydrogens is 220 g/mol. The first-order valence-electron chi connectivity index (χ1n) is 4.99. The summed E-state index contributed by atoms with van der Waals surface area (Å²) >= 11 is 1.64. The minimum atomic E-state index is 0.712. The molecule has 0 aromatic carbocycles. The van der Waals surface area contributed by atoms with Crippen molar-refractivity contribution in [3.05, 3.63) is 36.5 Å². The third-order valence-corrected chi connectivity index (χ3v) is 2.98. The van der Waals surface area contributed by atoms with Gasteiger partial charge in [-0.3, -0.25) is 0 Å². The molecular formula is C11H14N4S. The molecule has 2 aromatic heterocycles. The number of rotatable bonds is 4. The van der Waals surface area contributed by atoms with Gasteiger partial charge in [-0.2, -0.15) is 0 Å². The number of hydrogen-bond donors (Lipinski definition) is 1. The minimum absolute atomic E-state index is 0.712. The van der Waals surface area contributed by atoms with E-state index in [-0.39, 0.29) is 0 Å². The number of thioether (sulfide) groups is 1. The number of pyridine rings is 1. The van der Waals surface area contributed by atoms with E-state index in [4.69, 9.17) is 0 Å². The van der Waals surface area contributed by atoms with E-state index in [1.807, 2.05) is 42.4 Å². The molecule has 16 heavy (non-hydrogen) atoms. The van der Waals surface area contributed by atoms with E-state index >= 15 is 0 Å². The zero-order valence-electron chi connectivity index (χ0n) is 9.34. The smallest absolute Gasteiger partial charge is 0.127 e. The fourth-order valence-electron chi connectivity index (χ4n) is 1.35. The summed E-state index contributed by atoms with van der Waals surface area (Å²) in [5.74, 6) is 1.01. The Hall–Kier alpha value is -1.49. The maximum Gasteiger partial charge on any atom is 0.127 e. The Morgan fingerprint density at radius 1 is 1.38 bits per heavy atom. The van der Waals surface area contributed by atoms with Crippen LogP contribution < -0.4 is 5.32 Å². The third-order valence-electron chi connectivity index (χ3n) is 2.32. The van der Waals surface area contributed by atoms with Gasteiger partial charge in [-0.05, 0) is 18.4 Å². The van der Waals surface area contributed by atoms with Gasteiger partial charge in [0.1, 0.15) is 5.82 Å². The van der Waals surface area contributed by atoms with Gasteiger partial charge in [-0.15, -0.1) is 11.8 Å². The Morgan fingerprint density at radius 2 is 2.25 bits per heavy atom. The van der Waals surface area contributed by atoms with Gasteiger partial charge in [0.2, 0.25) is 0 Å². The van der Waals surface area contributed by atoms with Gasteiger partial charge in [-0.25, -0.2) is 9.97 Å². The zero-order valence-corrected chi connectivity index (χ0v) is 10.2. The lowest BCUT2D eigenvalue weighted by Gasteiger charge is -2.06. The highest BCUT2D eigenvalue weighted by atomic mass is 32.2. The van der Waals surface area contributed by atoms with Gasteiger partial charge >= 0.3 is 0 Å². The molecule has 0 unspecified atom stereocenters. The highest BCUT2D eigenvalue weighted by Crippen LogP contribution is 2.14. The van der Waals surface area contributed by atoms with Crippen molar-refractivity contribution in [2.75, 3.05) is 11.6 Å². The van der Waals surface area contributed by atoms with Gasteiger partial charge < -0.3 is 9.88 Å². The molecule has 2 aromatic rings. The molecule has 0 radical (unpaired) electrons. The SMILES string of the molecule is CSc1ccc(NCc2nccn2C)cn1. The summed E-state index contributed by atoms with van der Waals surface area (Å²) in [4.78, 5) is 8.53. The second-order valence-electron chi connectivity index (χ2n) is 3.40. The van der Waals surface area contributed by atoms with Gasteiger partial charge in [0.25, 0.3) is 0 Å². The molecule has 1 N–H and O–H groups in total. The summed E-state index contributed by atoms with van der Waals surface area (Å²) in [6, 6.07) is 4.03. The number of hydrogen-bond acceptors (Lipinski definition) is 4. The fraction of sp³-hybridized carbons (Fsp3) is 0.273. The van der Waals surface area contributed by atoms with Crippen LogP contribution in [0.15, 0.2) is 35.7 Å². The van der Waals surface area contributed by atoms with Crippen molar-refractivity contribution < 1.29 is 0 Å². The molecule has 84 valence electrons. The monoisotopic (exact) mass is 234 g/mol. The summed E-state index contributed by atoms with van der Waals surface area (Å²) in [6.45, 7) is 0.712. The van der Waals surface area contributed by atoms with Crippen LogP contribution in [0.25, 0.3) is 0 Å². The van der Waals surface area contributed by atoms with E-state index in [0.717, 1.165) is 16.5 Å². The number of nitrogens with zero attached hydrogens (tertiary/aromatic N) is 3. The summed E-state index contributed by atoms with van der Waals surface area (Å²) in [6.07, 6.45) is 7.59. The van der Waals surface area contributed by atoms with Crippen LogP contribution in [-0.2, 0) is 13.6 Å². The molecule has 0 saturated heterocycles. The average Bonchev–Trinajstić information content (AvgIpc) is 2.73. The molecule has 5 heteroatoms. The lowest BCUT2D eigenvalue weighted by atomic mass is 10.4. The maximum absolute atomic E-state index is 4.29. The van der Waals surface area contributed by atoms with E-state index < -0.39 is 0 Å². The van der Waals surface area contributed by atoms with Crippen LogP contribution in [-0.4, -0.2) is 20.8 Å². The van der Waals surface area contributed by atoms with Gasteiger partial charge in [0.15, 0.2) is 0 Å². The molecule has 0 amide bonds. The Balaban J connectivity index is 1.97. The topological polar surface area (TPSA) is 42.7 Å². The number of nitrogens with one attached hydrogen (secondary N) is 1. The summed E-state index contributed by atoms with van der Waals surface area (Å²) in [5, 5.41) is 4.31. The number of aryl methyl sites for hydroxylation is 1. The molecule has 0 bridgehead atoms. The quantitative estimate of drug-likeness (QED) is 0.823. The summed E-state index contributed by atoms with van der Waals surface area (Å²) in [5.41, 5.74) is 1.01. The normalized spacial score (nSPS) is 10.4. The molecule has 0 aliphatic carbocycles. The molecule has 0 spiro atoms. The largest absolute Gasteiger partial charge is 0.377 e. The Kier molecular flexibility index (Phi) is 3.46. The molecule has 4 nitrogen and oxygen atoms in total. The van der Waals surface area contributed by atoms with Crippen LogP contribution in [0.3, 0.4) is 0 Å². The molecule has 0 saturated carbocycles. The first kappa shape index (κ1) is 11.0. The lowest BCUT2D eigenvalue weighted by molar-refractivity contribution is 0.812. The highest BCUT2D eigenvalue weighted by molar-refractivity contribution is 7.98. The van der Waals surface area contributed by atoms with Gasteiger partial charge in [-0.1, -0.05) is 0 Å². The van der Waals surface area contributed by atoms with Crippen LogP contribution in [0.2, 0.25) is 0 Å². The highest BCUT2D eigenvalue weighted by Gasteiger charge is 1.99. The van der Waals surface area contributed by atoms with Crippen LogP contribution >= 0.6 is 11.8 Å². The van der Waals surface area contributed by atoms with E-state index in [1.54, 1.807) is 18.0 Å². The van der Waals surface area contributed by atoms with Crippen molar-refractivity contribution in [1.29, 1.82) is 0 Å². The lowest BCUT2D eigenvalue weighted by Crippen LogP contribution is -2.05. The van der Waals surface area contributed by atoms with Crippen molar-refractivity contribution in [2.24, 2.45) is 7.05 Å². The van der Waals surface area contributed by atoms with Crippen molar-refractivity contribution in [3.63, 3.8) is 0 Å². The Labute approximate surface area is 99.1 Å². The van der Waals surface area contributed by atoms with E-state index in [9.17, 15) is 0 Å². The second-order valence-corrected chi connectivity index (χ2v) is 4.22. The number of imidazole rings is 1. The summed E-state index contributed by atoms with van der Waals surface area (Å²) in [7, 11) is 1.99. The first-order valence-corrected chi connectivity index (χ1v) is 6.22. The van der Waals surface area contributed by atoms with Crippen molar-refractivity contribution in [2.45, 2.75) is 11.6 Å². The number of anilines is 1. The van der Waals surface area contributed by atoms with Crippen LogP contribution in [0.5, 0.6) is 0 Å². The first-order chi connectivity index (χ1) is 7.79. The predicted octanol–water partition coefficient (Wildman–Crippen LogP) is 2.15. The molecule has 0 aliphatic heterocycles. The zero-order chi connectivity index (χ0) is 11.4. The van der Waals surface area contributed by atoms with E-state index in [0.29, 0.717) is 6.54 Å². The second kappa shape index (κ2) is 5.03. The molecule has 0 fully saturated rings. The standard InChI is InChI=1S/C11H14N4S/c1-15-6-5-12-10(15)8-13-9-3-4-11(16-2)14-7-9/h3-7,13H,8H2,1-2H3.